The molecule has 2 aromatic rings. The van der Waals surface area contributed by atoms with E-state index in [0.29, 0.717) is 12.3 Å². The Labute approximate surface area is 137 Å². The molecule has 0 fully saturated rings. The first kappa shape index (κ1) is 16.1. The number of aryl methyl sites for hydroxylation is 1. The van der Waals surface area contributed by atoms with E-state index in [0.717, 1.165) is 21.7 Å². The van der Waals surface area contributed by atoms with Crippen molar-refractivity contribution in [2.45, 2.75) is 25.2 Å². The van der Waals surface area contributed by atoms with Gasteiger partial charge < -0.3 is 9.47 Å². The van der Waals surface area contributed by atoms with Crippen molar-refractivity contribution >= 4 is 33.6 Å². The number of hydrogen-bond acceptors (Lipinski definition) is 3. The minimum absolute atomic E-state index is 0.0985. The molecule has 4 nitrogen and oxygen atoms in total. The molecule has 0 aliphatic rings. The van der Waals surface area contributed by atoms with Gasteiger partial charge in [-0.2, -0.15) is 0 Å². The summed E-state index contributed by atoms with van der Waals surface area (Å²) in [5.74, 6) is 0.499. The molecule has 6 heteroatoms. The molecule has 21 heavy (non-hydrogen) atoms. The predicted octanol–water partition coefficient (Wildman–Crippen LogP) is 3.42. The summed E-state index contributed by atoms with van der Waals surface area (Å²) >= 11 is 4.99. The summed E-state index contributed by atoms with van der Waals surface area (Å²) in [6.07, 6.45) is 3.69. The largest absolute Gasteiger partial charge is 0.341 e. The Morgan fingerprint density at radius 2 is 2.19 bits per heavy atom. The van der Waals surface area contributed by atoms with Crippen LogP contribution < -0.4 is 0 Å². The molecule has 0 unspecified atom stereocenters. The summed E-state index contributed by atoms with van der Waals surface area (Å²) < 4.78 is 3.06. The number of aromatic nitrogens is 2. The number of carbonyl (C=O) groups excluding carboxylic acids is 1. The molecule has 0 saturated heterocycles. The smallest absolute Gasteiger partial charge is 0.233 e. The lowest BCUT2D eigenvalue weighted by atomic mass is 10.2. The van der Waals surface area contributed by atoms with Crippen molar-refractivity contribution in [3.8, 4) is 0 Å². The van der Waals surface area contributed by atoms with Gasteiger partial charge in [-0.25, -0.2) is 4.98 Å². The average molecular weight is 368 g/mol. The molecule has 0 bridgehead atoms. The molecule has 0 aliphatic carbocycles. The van der Waals surface area contributed by atoms with Gasteiger partial charge in [0.25, 0.3) is 0 Å². The van der Waals surface area contributed by atoms with Crippen molar-refractivity contribution in [3.05, 3.63) is 46.7 Å². The molecule has 0 N–H and O–H groups in total. The Hall–Kier alpha value is -1.27. The standard InChI is InChI=1S/C15H18BrN3OS/c1-3-19-9-8-17-15(19)21-11-14(20)18(2)10-12-6-4-5-7-13(12)16/h4-9H,3,10-11H2,1-2H3. The van der Waals surface area contributed by atoms with Gasteiger partial charge in [0.05, 0.1) is 5.75 Å². The van der Waals surface area contributed by atoms with Gasteiger partial charge in [0.2, 0.25) is 5.91 Å². The topological polar surface area (TPSA) is 38.1 Å². The maximum absolute atomic E-state index is 12.2. The summed E-state index contributed by atoms with van der Waals surface area (Å²) in [6, 6.07) is 7.95. The number of imidazole rings is 1. The van der Waals surface area contributed by atoms with Gasteiger partial charge in [-0.1, -0.05) is 45.9 Å². The van der Waals surface area contributed by atoms with E-state index in [9.17, 15) is 4.79 Å². The van der Waals surface area contributed by atoms with Gasteiger partial charge >= 0.3 is 0 Å². The molecular weight excluding hydrogens is 350 g/mol. The summed E-state index contributed by atoms with van der Waals surface area (Å²) in [5.41, 5.74) is 1.11. The van der Waals surface area contributed by atoms with Crippen LogP contribution in [-0.4, -0.2) is 33.2 Å². The van der Waals surface area contributed by atoms with Crippen molar-refractivity contribution in [2.24, 2.45) is 0 Å². The van der Waals surface area contributed by atoms with Gasteiger partial charge in [-0.15, -0.1) is 0 Å². The molecule has 2 rings (SSSR count). The third-order valence-corrected chi connectivity index (χ3v) is 4.90. The summed E-state index contributed by atoms with van der Waals surface area (Å²) in [5, 5.41) is 0.889. The lowest BCUT2D eigenvalue weighted by molar-refractivity contribution is -0.127. The number of halogens is 1. The van der Waals surface area contributed by atoms with Crippen LogP contribution in [-0.2, 0) is 17.9 Å². The zero-order valence-electron chi connectivity index (χ0n) is 12.1. The van der Waals surface area contributed by atoms with Gasteiger partial charge in [0.1, 0.15) is 0 Å². The molecule has 0 saturated carbocycles. The maximum atomic E-state index is 12.2. The Bertz CT molecular complexity index is 614. The molecule has 0 atom stereocenters. The fourth-order valence-corrected chi connectivity index (χ4v) is 3.26. The molecule has 1 heterocycles. The van der Waals surface area contributed by atoms with Crippen LogP contribution in [0.5, 0.6) is 0 Å². The zero-order chi connectivity index (χ0) is 15.2. The van der Waals surface area contributed by atoms with E-state index in [-0.39, 0.29) is 5.91 Å². The summed E-state index contributed by atoms with van der Waals surface area (Å²) in [4.78, 5) is 18.2. The van der Waals surface area contributed by atoms with Crippen LogP contribution in [0.1, 0.15) is 12.5 Å². The highest BCUT2D eigenvalue weighted by molar-refractivity contribution is 9.10. The number of hydrogen-bond donors (Lipinski definition) is 0. The monoisotopic (exact) mass is 367 g/mol. The highest BCUT2D eigenvalue weighted by Gasteiger charge is 2.12. The van der Waals surface area contributed by atoms with Crippen molar-refractivity contribution in [3.63, 3.8) is 0 Å². The van der Waals surface area contributed by atoms with E-state index < -0.39 is 0 Å². The van der Waals surface area contributed by atoms with Crippen LogP contribution >= 0.6 is 27.7 Å². The van der Waals surface area contributed by atoms with E-state index in [4.69, 9.17) is 0 Å². The average Bonchev–Trinajstić information content (AvgIpc) is 2.94. The van der Waals surface area contributed by atoms with Crippen LogP contribution in [0.3, 0.4) is 0 Å². The highest BCUT2D eigenvalue weighted by Crippen LogP contribution is 2.19. The third kappa shape index (κ3) is 4.35. The molecule has 0 radical (unpaired) electrons. The Morgan fingerprint density at radius 1 is 1.43 bits per heavy atom. The highest BCUT2D eigenvalue weighted by atomic mass is 79.9. The van der Waals surface area contributed by atoms with Crippen LogP contribution in [0.2, 0.25) is 0 Å². The Kier molecular flexibility index (Phi) is 5.87. The molecule has 1 amide bonds. The molecule has 0 aliphatic heterocycles. The third-order valence-electron chi connectivity index (χ3n) is 3.13. The fraction of sp³-hybridized carbons (Fsp3) is 0.333. The van der Waals surface area contributed by atoms with E-state index in [1.54, 1.807) is 11.1 Å². The van der Waals surface area contributed by atoms with E-state index in [1.165, 1.54) is 11.8 Å². The number of rotatable bonds is 6. The van der Waals surface area contributed by atoms with Crippen LogP contribution in [0.25, 0.3) is 0 Å². The van der Waals surface area contributed by atoms with Crippen LogP contribution in [0, 0.1) is 0 Å². The lowest BCUT2D eigenvalue weighted by Gasteiger charge is -2.18. The van der Waals surface area contributed by atoms with Crippen LogP contribution in [0.4, 0.5) is 0 Å². The number of carbonyl (C=O) groups is 1. The second-order valence-electron chi connectivity index (χ2n) is 4.63. The van der Waals surface area contributed by atoms with Crippen molar-refractivity contribution in [2.75, 3.05) is 12.8 Å². The normalized spacial score (nSPS) is 10.6. The quantitative estimate of drug-likeness (QED) is 0.734. The molecule has 1 aromatic heterocycles. The number of amides is 1. The second kappa shape index (κ2) is 7.66. The van der Waals surface area contributed by atoms with E-state index in [1.807, 2.05) is 42.1 Å². The van der Waals surface area contributed by atoms with E-state index in [2.05, 4.69) is 27.8 Å². The molecule has 0 spiro atoms. The second-order valence-corrected chi connectivity index (χ2v) is 6.42. The molecule has 112 valence electrons. The first-order valence-corrected chi connectivity index (χ1v) is 8.51. The van der Waals surface area contributed by atoms with Gasteiger partial charge in [0, 0.05) is 37.0 Å². The number of nitrogens with zero attached hydrogens (tertiary/aromatic N) is 3. The Morgan fingerprint density at radius 3 is 2.90 bits per heavy atom. The predicted molar refractivity (Wildman–Crippen MR) is 89.2 cm³/mol. The van der Waals surface area contributed by atoms with Crippen molar-refractivity contribution in [1.29, 1.82) is 0 Å². The molecule has 1 aromatic carbocycles. The van der Waals surface area contributed by atoms with Gasteiger partial charge in [-0.3, -0.25) is 4.79 Å². The number of thioether (sulfide) groups is 1. The Balaban J connectivity index is 1.90. The van der Waals surface area contributed by atoms with Gasteiger partial charge in [-0.05, 0) is 18.6 Å². The minimum Gasteiger partial charge on any atom is -0.341 e. The first-order valence-electron chi connectivity index (χ1n) is 6.73. The minimum atomic E-state index is 0.0985. The lowest BCUT2D eigenvalue weighted by Crippen LogP contribution is -2.28. The fourth-order valence-electron chi connectivity index (χ4n) is 1.88. The first-order chi connectivity index (χ1) is 10.1. The van der Waals surface area contributed by atoms with Gasteiger partial charge in [0.15, 0.2) is 5.16 Å². The number of benzene rings is 1. The summed E-state index contributed by atoms with van der Waals surface area (Å²) in [6.45, 7) is 3.53. The van der Waals surface area contributed by atoms with Crippen molar-refractivity contribution < 1.29 is 4.79 Å². The van der Waals surface area contributed by atoms with Crippen molar-refractivity contribution in [1.82, 2.24) is 14.5 Å². The zero-order valence-corrected chi connectivity index (χ0v) is 14.5. The van der Waals surface area contributed by atoms with E-state index >= 15 is 0 Å². The van der Waals surface area contributed by atoms with Crippen LogP contribution in [0.15, 0.2) is 46.3 Å². The SMILES string of the molecule is CCn1ccnc1SCC(=O)N(C)Cc1ccccc1Br. The molecular formula is C15H18BrN3OS. The maximum Gasteiger partial charge on any atom is 0.233 e. The summed E-state index contributed by atoms with van der Waals surface area (Å²) in [7, 11) is 1.83.